The minimum absolute atomic E-state index is 0.0970. The number of hydrogen-bond acceptors (Lipinski definition) is 5. The van der Waals surface area contributed by atoms with Crippen molar-refractivity contribution in [2.45, 2.75) is 25.5 Å². The Kier molecular flexibility index (Phi) is 4.23. The Morgan fingerprint density at radius 3 is 3.16 bits per heavy atom. The molecule has 1 fully saturated rings. The van der Waals surface area contributed by atoms with E-state index >= 15 is 0 Å². The molecule has 0 radical (unpaired) electrons. The Hall–Kier alpha value is -2.67. The second-order valence-electron chi connectivity index (χ2n) is 6.30. The predicted octanol–water partition coefficient (Wildman–Crippen LogP) is 2.65. The molecule has 1 atom stereocenters. The van der Waals surface area contributed by atoms with Crippen LogP contribution in [0.4, 0.5) is 0 Å². The monoisotopic (exact) mass is 340 g/mol. The van der Waals surface area contributed by atoms with E-state index in [2.05, 4.69) is 20.8 Å². The topological polar surface area (TPSA) is 73.4 Å². The second kappa shape index (κ2) is 6.68. The molecule has 4 rings (SSSR count). The number of para-hydroxylation sites is 2. The molecule has 1 aliphatic rings. The third-order valence-corrected chi connectivity index (χ3v) is 4.62. The number of aromatic nitrogens is 3. The lowest BCUT2D eigenvalue weighted by Crippen LogP contribution is -2.40. The van der Waals surface area contributed by atoms with E-state index in [-0.39, 0.29) is 11.9 Å². The summed E-state index contributed by atoms with van der Waals surface area (Å²) in [6, 6.07) is 9.94. The average Bonchev–Trinajstić information content (AvgIpc) is 3.28. The number of methoxy groups -OCH3 is 1. The van der Waals surface area contributed by atoms with Gasteiger partial charge in [-0.15, -0.1) is 0 Å². The highest BCUT2D eigenvalue weighted by Crippen LogP contribution is 2.26. The number of hydrogen-bond donors (Lipinski definition) is 0. The van der Waals surface area contributed by atoms with Crippen molar-refractivity contribution < 1.29 is 14.1 Å². The SMILES string of the molecule is COCc1cc(C(=O)N2CCC[C@@H](n3cnc4ccccc43)C2)no1. The number of carbonyl (C=O) groups is 1. The fourth-order valence-corrected chi connectivity index (χ4v) is 3.42. The summed E-state index contributed by atoms with van der Waals surface area (Å²) in [6.45, 7) is 1.68. The van der Waals surface area contributed by atoms with Crippen molar-refractivity contribution in [2.24, 2.45) is 0 Å². The van der Waals surface area contributed by atoms with E-state index in [1.54, 1.807) is 13.2 Å². The standard InChI is InChI=1S/C18H20N4O3/c1-24-11-14-9-16(20-25-14)18(23)21-8-4-5-13(10-21)22-12-19-15-6-2-3-7-17(15)22/h2-3,6-7,9,12-13H,4-5,8,10-11H2,1H3/t13-/m1/s1. The summed E-state index contributed by atoms with van der Waals surface area (Å²) in [6.07, 6.45) is 3.85. The van der Waals surface area contributed by atoms with Crippen LogP contribution in [0.3, 0.4) is 0 Å². The van der Waals surface area contributed by atoms with Crippen LogP contribution in [0.25, 0.3) is 11.0 Å². The number of piperidine rings is 1. The molecule has 3 aromatic rings. The van der Waals surface area contributed by atoms with Crippen molar-refractivity contribution in [3.63, 3.8) is 0 Å². The molecule has 0 unspecified atom stereocenters. The van der Waals surface area contributed by atoms with Crippen LogP contribution in [0.15, 0.2) is 41.2 Å². The van der Waals surface area contributed by atoms with Gasteiger partial charge in [0.2, 0.25) is 0 Å². The Bertz CT molecular complexity index is 885. The van der Waals surface area contributed by atoms with Crippen LogP contribution < -0.4 is 0 Å². The van der Waals surface area contributed by atoms with Gasteiger partial charge >= 0.3 is 0 Å². The van der Waals surface area contributed by atoms with Crippen molar-refractivity contribution in [3.8, 4) is 0 Å². The Labute approximate surface area is 145 Å². The van der Waals surface area contributed by atoms with E-state index < -0.39 is 0 Å². The Morgan fingerprint density at radius 2 is 2.28 bits per heavy atom. The first-order chi connectivity index (χ1) is 12.3. The number of amides is 1. The molecule has 0 N–H and O–H groups in total. The Balaban J connectivity index is 1.53. The van der Waals surface area contributed by atoms with Gasteiger partial charge in [0.05, 0.1) is 23.4 Å². The highest BCUT2D eigenvalue weighted by molar-refractivity contribution is 5.92. The number of likely N-dealkylation sites (tertiary alicyclic amines) is 1. The Morgan fingerprint density at radius 1 is 1.40 bits per heavy atom. The molecule has 130 valence electrons. The van der Waals surface area contributed by atoms with Crippen molar-refractivity contribution >= 4 is 16.9 Å². The molecule has 1 saturated heterocycles. The zero-order valence-corrected chi connectivity index (χ0v) is 14.1. The summed E-state index contributed by atoms with van der Waals surface area (Å²) in [4.78, 5) is 19.0. The molecule has 3 heterocycles. The number of fused-ring (bicyclic) bond motifs is 1. The van der Waals surface area contributed by atoms with Crippen molar-refractivity contribution in [1.82, 2.24) is 19.6 Å². The zero-order chi connectivity index (χ0) is 17.2. The van der Waals surface area contributed by atoms with Gasteiger partial charge in [-0.25, -0.2) is 4.98 Å². The number of nitrogens with zero attached hydrogens (tertiary/aromatic N) is 4. The van der Waals surface area contributed by atoms with Gasteiger partial charge in [-0.1, -0.05) is 17.3 Å². The van der Waals surface area contributed by atoms with Gasteiger partial charge in [0, 0.05) is 26.3 Å². The van der Waals surface area contributed by atoms with Crippen LogP contribution in [0.1, 0.15) is 35.1 Å². The summed E-state index contributed by atoms with van der Waals surface area (Å²) in [5.41, 5.74) is 2.42. The van der Waals surface area contributed by atoms with E-state index in [0.29, 0.717) is 24.6 Å². The van der Waals surface area contributed by atoms with Gasteiger partial charge in [0.15, 0.2) is 11.5 Å². The lowest BCUT2D eigenvalue weighted by Gasteiger charge is -2.33. The predicted molar refractivity (Wildman–Crippen MR) is 91.1 cm³/mol. The quantitative estimate of drug-likeness (QED) is 0.730. The molecule has 1 amide bonds. The molecule has 25 heavy (non-hydrogen) atoms. The number of rotatable bonds is 4. The normalized spacial score (nSPS) is 18.0. The number of benzene rings is 1. The summed E-state index contributed by atoms with van der Waals surface area (Å²) in [5.74, 6) is 0.459. The first kappa shape index (κ1) is 15.8. The fraction of sp³-hybridized carbons (Fsp3) is 0.389. The van der Waals surface area contributed by atoms with E-state index in [0.717, 1.165) is 30.4 Å². The molecule has 1 aliphatic heterocycles. The lowest BCUT2D eigenvalue weighted by molar-refractivity contribution is 0.0670. The summed E-state index contributed by atoms with van der Waals surface area (Å²) < 4.78 is 12.3. The fourth-order valence-electron chi connectivity index (χ4n) is 3.42. The molecule has 0 aliphatic carbocycles. The van der Waals surface area contributed by atoms with E-state index in [9.17, 15) is 4.79 Å². The molecule has 0 bridgehead atoms. The van der Waals surface area contributed by atoms with Gasteiger partial charge in [0.1, 0.15) is 6.61 Å². The number of imidazole rings is 1. The van der Waals surface area contributed by atoms with Crippen LogP contribution in [-0.4, -0.2) is 45.7 Å². The van der Waals surface area contributed by atoms with Gasteiger partial charge in [-0.3, -0.25) is 4.79 Å². The third kappa shape index (κ3) is 3.02. The molecule has 0 saturated carbocycles. The maximum atomic E-state index is 12.7. The van der Waals surface area contributed by atoms with Crippen molar-refractivity contribution in [1.29, 1.82) is 0 Å². The van der Waals surface area contributed by atoms with Crippen LogP contribution in [0.5, 0.6) is 0 Å². The van der Waals surface area contributed by atoms with Crippen molar-refractivity contribution in [2.75, 3.05) is 20.2 Å². The smallest absolute Gasteiger partial charge is 0.276 e. The lowest BCUT2D eigenvalue weighted by atomic mass is 10.0. The highest BCUT2D eigenvalue weighted by Gasteiger charge is 2.28. The van der Waals surface area contributed by atoms with Crippen molar-refractivity contribution in [3.05, 3.63) is 48.1 Å². The summed E-state index contributed by atoms with van der Waals surface area (Å²) in [7, 11) is 1.58. The third-order valence-electron chi connectivity index (χ3n) is 4.62. The molecule has 2 aromatic heterocycles. The molecular formula is C18H20N4O3. The van der Waals surface area contributed by atoms with Gasteiger partial charge in [-0.05, 0) is 25.0 Å². The van der Waals surface area contributed by atoms with Crippen LogP contribution in [-0.2, 0) is 11.3 Å². The van der Waals surface area contributed by atoms with Crippen LogP contribution >= 0.6 is 0 Å². The molecule has 7 heteroatoms. The molecule has 0 spiro atoms. The number of ether oxygens (including phenoxy) is 1. The molecule has 7 nitrogen and oxygen atoms in total. The van der Waals surface area contributed by atoms with Gasteiger partial charge in [-0.2, -0.15) is 0 Å². The summed E-state index contributed by atoms with van der Waals surface area (Å²) in [5, 5.41) is 3.88. The average molecular weight is 340 g/mol. The van der Waals surface area contributed by atoms with Gasteiger partial charge in [0.25, 0.3) is 5.91 Å². The van der Waals surface area contributed by atoms with E-state index in [1.807, 2.05) is 29.4 Å². The first-order valence-corrected chi connectivity index (χ1v) is 8.41. The largest absolute Gasteiger partial charge is 0.377 e. The van der Waals surface area contributed by atoms with E-state index in [4.69, 9.17) is 9.26 Å². The minimum Gasteiger partial charge on any atom is -0.377 e. The van der Waals surface area contributed by atoms with E-state index in [1.165, 1.54) is 0 Å². The first-order valence-electron chi connectivity index (χ1n) is 8.41. The molecule has 1 aromatic carbocycles. The van der Waals surface area contributed by atoms with Crippen LogP contribution in [0, 0.1) is 0 Å². The zero-order valence-electron chi connectivity index (χ0n) is 14.1. The maximum Gasteiger partial charge on any atom is 0.276 e. The second-order valence-corrected chi connectivity index (χ2v) is 6.30. The summed E-state index contributed by atoms with van der Waals surface area (Å²) >= 11 is 0. The minimum atomic E-state index is -0.0970. The molecular weight excluding hydrogens is 320 g/mol. The van der Waals surface area contributed by atoms with Gasteiger partial charge < -0.3 is 18.7 Å². The highest BCUT2D eigenvalue weighted by atomic mass is 16.5. The number of carbonyl (C=O) groups excluding carboxylic acids is 1. The maximum absolute atomic E-state index is 12.7. The van der Waals surface area contributed by atoms with Crippen LogP contribution in [0.2, 0.25) is 0 Å².